The third-order valence-electron chi connectivity index (χ3n) is 1.38. The van der Waals surface area contributed by atoms with Crippen LogP contribution in [0.4, 0.5) is 0 Å². The molecule has 4 heteroatoms. The number of hydrogen-bond donors (Lipinski definition) is 1. The first-order chi connectivity index (χ1) is 5.61. The maximum atomic E-state index is 10.8. The summed E-state index contributed by atoms with van der Waals surface area (Å²) in [4.78, 5) is 10.8. The van der Waals surface area contributed by atoms with Crippen molar-refractivity contribution in [1.29, 1.82) is 0 Å². The summed E-state index contributed by atoms with van der Waals surface area (Å²) in [5, 5.41) is 8.80. The van der Waals surface area contributed by atoms with E-state index in [0.29, 0.717) is 6.42 Å². The van der Waals surface area contributed by atoms with Gasteiger partial charge < -0.3 is 14.6 Å². The van der Waals surface area contributed by atoms with Crippen LogP contribution in [-0.2, 0) is 14.3 Å². The number of methoxy groups -OCH3 is 1. The fraction of sp³-hybridized carbons (Fsp3) is 0.875. The Kier molecular flexibility index (Phi) is 5.66. The van der Waals surface area contributed by atoms with Gasteiger partial charge in [0, 0.05) is 13.5 Å². The molecule has 0 aromatic heterocycles. The molecule has 0 heterocycles. The summed E-state index contributed by atoms with van der Waals surface area (Å²) in [7, 11) is 1.47. The fourth-order valence-electron chi connectivity index (χ4n) is 0.689. The summed E-state index contributed by atoms with van der Waals surface area (Å²) in [6, 6.07) is 0. The van der Waals surface area contributed by atoms with E-state index in [2.05, 4.69) is 0 Å². The smallest absolute Gasteiger partial charge is 0.336 e. The van der Waals surface area contributed by atoms with Gasteiger partial charge in [0.05, 0.1) is 0 Å². The Morgan fingerprint density at radius 1 is 1.58 bits per heavy atom. The third-order valence-corrected chi connectivity index (χ3v) is 1.38. The van der Waals surface area contributed by atoms with Crippen molar-refractivity contribution >= 4 is 5.97 Å². The SMILES string of the molecule is CCCC(OC)OC(=O)C(C)O. The Hall–Kier alpha value is -0.610. The molecule has 0 bridgehead atoms. The topological polar surface area (TPSA) is 55.8 Å². The molecular formula is C8H16O4. The van der Waals surface area contributed by atoms with Gasteiger partial charge in [-0.1, -0.05) is 13.3 Å². The Morgan fingerprint density at radius 2 is 2.17 bits per heavy atom. The number of carbonyl (C=O) groups is 1. The first-order valence-electron chi connectivity index (χ1n) is 4.03. The molecule has 72 valence electrons. The van der Waals surface area contributed by atoms with E-state index in [1.807, 2.05) is 6.92 Å². The highest BCUT2D eigenvalue weighted by atomic mass is 16.7. The Labute approximate surface area is 72.5 Å². The van der Waals surface area contributed by atoms with Gasteiger partial charge in [0.1, 0.15) is 6.10 Å². The summed E-state index contributed by atoms with van der Waals surface area (Å²) in [6.45, 7) is 3.32. The summed E-state index contributed by atoms with van der Waals surface area (Å²) >= 11 is 0. The van der Waals surface area contributed by atoms with E-state index < -0.39 is 18.4 Å². The largest absolute Gasteiger partial charge is 0.434 e. The second kappa shape index (κ2) is 5.97. The predicted molar refractivity (Wildman–Crippen MR) is 43.5 cm³/mol. The Morgan fingerprint density at radius 3 is 2.50 bits per heavy atom. The van der Waals surface area contributed by atoms with Crippen molar-refractivity contribution in [2.24, 2.45) is 0 Å². The molecule has 0 saturated heterocycles. The van der Waals surface area contributed by atoms with Crippen LogP contribution < -0.4 is 0 Å². The van der Waals surface area contributed by atoms with Gasteiger partial charge in [-0.05, 0) is 6.92 Å². The molecule has 12 heavy (non-hydrogen) atoms. The highest BCUT2D eigenvalue weighted by Crippen LogP contribution is 2.04. The zero-order valence-corrected chi connectivity index (χ0v) is 7.74. The van der Waals surface area contributed by atoms with E-state index in [0.717, 1.165) is 6.42 Å². The van der Waals surface area contributed by atoms with Crippen LogP contribution in [0.15, 0.2) is 0 Å². The van der Waals surface area contributed by atoms with E-state index in [-0.39, 0.29) is 0 Å². The lowest BCUT2D eigenvalue weighted by Crippen LogP contribution is -2.26. The maximum Gasteiger partial charge on any atom is 0.336 e. The zero-order valence-electron chi connectivity index (χ0n) is 7.74. The second-order valence-electron chi connectivity index (χ2n) is 2.57. The van der Waals surface area contributed by atoms with E-state index in [9.17, 15) is 4.79 Å². The monoisotopic (exact) mass is 176 g/mol. The first kappa shape index (κ1) is 11.4. The maximum absolute atomic E-state index is 10.8. The van der Waals surface area contributed by atoms with Crippen LogP contribution in [0, 0.1) is 0 Å². The number of carbonyl (C=O) groups excluding carboxylic acids is 1. The van der Waals surface area contributed by atoms with Gasteiger partial charge >= 0.3 is 5.97 Å². The second-order valence-corrected chi connectivity index (χ2v) is 2.57. The summed E-state index contributed by atoms with van der Waals surface area (Å²) in [5.74, 6) is -0.643. The molecule has 0 aromatic carbocycles. The van der Waals surface area contributed by atoms with Crippen LogP contribution in [0.3, 0.4) is 0 Å². The van der Waals surface area contributed by atoms with E-state index in [4.69, 9.17) is 14.6 Å². The van der Waals surface area contributed by atoms with Gasteiger partial charge in [-0.25, -0.2) is 4.79 Å². The minimum absolute atomic E-state index is 0.530. The van der Waals surface area contributed by atoms with Gasteiger partial charge in [-0.2, -0.15) is 0 Å². The zero-order chi connectivity index (χ0) is 9.56. The molecule has 0 aliphatic rings. The van der Waals surface area contributed by atoms with Crippen LogP contribution in [-0.4, -0.2) is 30.6 Å². The number of hydrogen-bond acceptors (Lipinski definition) is 4. The quantitative estimate of drug-likeness (QED) is 0.494. The normalized spacial score (nSPS) is 15.3. The molecule has 0 amide bonds. The lowest BCUT2D eigenvalue weighted by Gasteiger charge is -2.15. The fourth-order valence-corrected chi connectivity index (χ4v) is 0.689. The average molecular weight is 176 g/mol. The summed E-state index contributed by atoms with van der Waals surface area (Å²) in [5.41, 5.74) is 0. The Bertz CT molecular complexity index is 133. The van der Waals surface area contributed by atoms with Crippen molar-refractivity contribution in [1.82, 2.24) is 0 Å². The third kappa shape index (κ3) is 4.31. The lowest BCUT2D eigenvalue weighted by molar-refractivity contribution is -0.182. The molecule has 2 unspecified atom stereocenters. The molecule has 0 aliphatic heterocycles. The molecule has 1 N–H and O–H groups in total. The minimum atomic E-state index is -1.08. The molecule has 4 nitrogen and oxygen atoms in total. The van der Waals surface area contributed by atoms with Gasteiger partial charge in [-0.15, -0.1) is 0 Å². The number of aliphatic hydroxyl groups is 1. The predicted octanol–water partition coefficient (Wildman–Crippen LogP) is 0.683. The standard InChI is InChI=1S/C8H16O4/c1-4-5-7(11-3)12-8(10)6(2)9/h6-7,9H,4-5H2,1-3H3. The Balaban J connectivity index is 3.77. The van der Waals surface area contributed by atoms with E-state index >= 15 is 0 Å². The molecule has 0 fully saturated rings. The molecule has 0 spiro atoms. The van der Waals surface area contributed by atoms with Crippen molar-refractivity contribution in [2.45, 2.75) is 39.1 Å². The molecule has 2 atom stereocenters. The number of rotatable bonds is 5. The molecule has 0 aromatic rings. The van der Waals surface area contributed by atoms with Crippen molar-refractivity contribution in [3.8, 4) is 0 Å². The minimum Gasteiger partial charge on any atom is -0.434 e. The van der Waals surface area contributed by atoms with Crippen molar-refractivity contribution in [3.05, 3.63) is 0 Å². The first-order valence-corrected chi connectivity index (χ1v) is 4.03. The number of esters is 1. The number of ether oxygens (including phenoxy) is 2. The molecule has 0 aliphatic carbocycles. The van der Waals surface area contributed by atoms with Crippen LogP contribution in [0.5, 0.6) is 0 Å². The van der Waals surface area contributed by atoms with Gasteiger partial charge in [0.15, 0.2) is 0 Å². The summed E-state index contributed by atoms with van der Waals surface area (Å²) in [6.07, 6.45) is -0.0998. The molecule has 0 saturated carbocycles. The molecule has 0 radical (unpaired) electrons. The van der Waals surface area contributed by atoms with Crippen molar-refractivity contribution < 1.29 is 19.4 Å². The van der Waals surface area contributed by atoms with Crippen LogP contribution in [0.25, 0.3) is 0 Å². The van der Waals surface area contributed by atoms with Crippen LogP contribution in [0.2, 0.25) is 0 Å². The van der Waals surface area contributed by atoms with Gasteiger partial charge in [0.25, 0.3) is 0 Å². The van der Waals surface area contributed by atoms with Crippen molar-refractivity contribution in [2.75, 3.05) is 7.11 Å². The number of aliphatic hydroxyl groups excluding tert-OH is 1. The average Bonchev–Trinajstić information content (AvgIpc) is 2.03. The van der Waals surface area contributed by atoms with Crippen LogP contribution >= 0.6 is 0 Å². The van der Waals surface area contributed by atoms with Gasteiger partial charge in [0.2, 0.25) is 6.29 Å². The van der Waals surface area contributed by atoms with E-state index in [1.54, 1.807) is 0 Å². The highest BCUT2D eigenvalue weighted by Gasteiger charge is 2.16. The lowest BCUT2D eigenvalue weighted by atomic mass is 10.3. The van der Waals surface area contributed by atoms with Crippen molar-refractivity contribution in [3.63, 3.8) is 0 Å². The highest BCUT2D eigenvalue weighted by molar-refractivity contribution is 5.73. The molecular weight excluding hydrogens is 160 g/mol. The summed E-state index contributed by atoms with van der Waals surface area (Å²) < 4.78 is 9.65. The van der Waals surface area contributed by atoms with Gasteiger partial charge in [-0.3, -0.25) is 0 Å². The molecule has 0 rings (SSSR count). The van der Waals surface area contributed by atoms with Crippen LogP contribution in [0.1, 0.15) is 26.7 Å². The van der Waals surface area contributed by atoms with E-state index in [1.165, 1.54) is 14.0 Å².